The van der Waals surface area contributed by atoms with E-state index in [4.69, 9.17) is 0 Å². The van der Waals surface area contributed by atoms with Crippen molar-refractivity contribution < 1.29 is 5.11 Å². The molecule has 0 amide bonds. The van der Waals surface area contributed by atoms with Crippen LogP contribution in [0.2, 0.25) is 0 Å². The van der Waals surface area contributed by atoms with Crippen molar-refractivity contribution in [2.75, 3.05) is 0 Å². The maximum atomic E-state index is 10.2. The summed E-state index contributed by atoms with van der Waals surface area (Å²) in [4.78, 5) is 2.39. The zero-order chi connectivity index (χ0) is 14.0. The normalized spacial score (nSPS) is 11.6. The van der Waals surface area contributed by atoms with E-state index in [9.17, 15) is 5.11 Å². The average Bonchev–Trinajstić information content (AvgIpc) is 2.33. The molecular formula is C17H20OS. The van der Waals surface area contributed by atoms with Crippen LogP contribution in [0, 0.1) is 6.92 Å². The first-order chi connectivity index (χ1) is 8.88. The van der Waals surface area contributed by atoms with E-state index < -0.39 is 0 Å². The van der Waals surface area contributed by atoms with Crippen LogP contribution >= 0.6 is 11.8 Å². The molecule has 0 spiro atoms. The summed E-state index contributed by atoms with van der Waals surface area (Å²) < 4.78 is 0. The molecule has 0 aromatic heterocycles. The molecule has 0 atom stereocenters. The van der Waals surface area contributed by atoms with E-state index in [0.29, 0.717) is 5.75 Å². The summed E-state index contributed by atoms with van der Waals surface area (Å²) in [7, 11) is 0. The van der Waals surface area contributed by atoms with Crippen LogP contribution in [-0.2, 0) is 5.41 Å². The lowest BCUT2D eigenvalue weighted by Gasteiger charge is -2.22. The van der Waals surface area contributed by atoms with Crippen molar-refractivity contribution >= 4 is 11.8 Å². The highest BCUT2D eigenvalue weighted by molar-refractivity contribution is 7.99. The molecule has 2 heteroatoms. The van der Waals surface area contributed by atoms with Crippen molar-refractivity contribution in [3.63, 3.8) is 0 Å². The quantitative estimate of drug-likeness (QED) is 0.816. The SMILES string of the molecule is Cc1cc(Sc2ccccc2)cc(C(C)(C)C)c1O. The Kier molecular flexibility index (Phi) is 3.91. The molecule has 0 fully saturated rings. The number of aromatic hydroxyl groups is 1. The van der Waals surface area contributed by atoms with Gasteiger partial charge in [-0.1, -0.05) is 50.7 Å². The van der Waals surface area contributed by atoms with E-state index in [0.717, 1.165) is 11.1 Å². The second-order valence-electron chi connectivity index (χ2n) is 5.80. The first-order valence-electron chi connectivity index (χ1n) is 6.45. The van der Waals surface area contributed by atoms with Crippen molar-refractivity contribution in [2.24, 2.45) is 0 Å². The summed E-state index contributed by atoms with van der Waals surface area (Å²) in [5, 5.41) is 10.2. The molecule has 0 saturated carbocycles. The van der Waals surface area contributed by atoms with E-state index in [-0.39, 0.29) is 5.41 Å². The lowest BCUT2D eigenvalue weighted by atomic mass is 9.85. The molecule has 2 rings (SSSR count). The molecule has 1 nitrogen and oxygen atoms in total. The molecule has 2 aromatic rings. The van der Waals surface area contributed by atoms with Crippen molar-refractivity contribution in [3.8, 4) is 5.75 Å². The minimum absolute atomic E-state index is 0.0535. The molecule has 1 N–H and O–H groups in total. The van der Waals surface area contributed by atoms with Gasteiger partial charge in [0.1, 0.15) is 5.75 Å². The lowest BCUT2D eigenvalue weighted by Crippen LogP contribution is -2.12. The Balaban J connectivity index is 2.40. The fourth-order valence-corrected chi connectivity index (χ4v) is 2.98. The van der Waals surface area contributed by atoms with E-state index in [2.05, 4.69) is 39.0 Å². The second kappa shape index (κ2) is 5.30. The third kappa shape index (κ3) is 3.32. The topological polar surface area (TPSA) is 20.2 Å². The summed E-state index contributed by atoms with van der Waals surface area (Å²) in [6, 6.07) is 14.4. The Bertz CT molecular complexity index is 568. The van der Waals surface area contributed by atoms with E-state index in [1.165, 1.54) is 9.79 Å². The van der Waals surface area contributed by atoms with Gasteiger partial charge in [-0.15, -0.1) is 0 Å². The highest BCUT2D eigenvalue weighted by Gasteiger charge is 2.20. The fourth-order valence-electron chi connectivity index (χ4n) is 2.00. The molecule has 0 bridgehead atoms. The summed E-state index contributed by atoms with van der Waals surface area (Å²) in [5.74, 6) is 0.421. The summed E-state index contributed by atoms with van der Waals surface area (Å²) >= 11 is 1.73. The molecule has 2 aromatic carbocycles. The molecule has 100 valence electrons. The Labute approximate surface area is 119 Å². The maximum absolute atomic E-state index is 10.2. The third-order valence-electron chi connectivity index (χ3n) is 3.06. The smallest absolute Gasteiger partial charge is 0.122 e. The molecule has 0 radical (unpaired) electrons. The standard InChI is InChI=1S/C17H20OS/c1-12-10-14(19-13-8-6-5-7-9-13)11-15(16(12)18)17(2,3)4/h5-11,18H,1-4H3. The number of aryl methyl sites for hydroxylation is 1. The molecule has 0 heterocycles. The minimum Gasteiger partial charge on any atom is -0.507 e. The van der Waals surface area contributed by atoms with E-state index in [1.54, 1.807) is 11.8 Å². The maximum Gasteiger partial charge on any atom is 0.122 e. The summed E-state index contributed by atoms with van der Waals surface area (Å²) in [5.41, 5.74) is 1.89. The van der Waals surface area contributed by atoms with Crippen molar-refractivity contribution in [2.45, 2.75) is 42.9 Å². The average molecular weight is 272 g/mol. The number of phenols is 1. The first kappa shape index (κ1) is 14.0. The summed E-state index contributed by atoms with van der Waals surface area (Å²) in [6.07, 6.45) is 0. The van der Waals surface area contributed by atoms with Gasteiger partial charge < -0.3 is 5.11 Å². The van der Waals surface area contributed by atoms with Gasteiger partial charge in [-0.2, -0.15) is 0 Å². The lowest BCUT2D eigenvalue weighted by molar-refractivity contribution is 0.442. The Morgan fingerprint density at radius 3 is 2.16 bits per heavy atom. The van der Waals surface area contributed by atoms with Crippen molar-refractivity contribution in [1.82, 2.24) is 0 Å². The van der Waals surface area contributed by atoms with Crippen molar-refractivity contribution in [3.05, 3.63) is 53.6 Å². The Morgan fingerprint density at radius 1 is 0.947 bits per heavy atom. The number of rotatable bonds is 2. The summed E-state index contributed by atoms with van der Waals surface area (Å²) in [6.45, 7) is 8.33. The number of phenolic OH excluding ortho intramolecular Hbond substituents is 1. The highest BCUT2D eigenvalue weighted by Crippen LogP contribution is 2.38. The van der Waals surface area contributed by atoms with Gasteiger partial charge in [-0.05, 0) is 42.2 Å². The van der Waals surface area contributed by atoms with Crippen LogP contribution in [-0.4, -0.2) is 5.11 Å². The van der Waals surface area contributed by atoms with Crippen LogP contribution in [0.3, 0.4) is 0 Å². The molecule has 0 aliphatic rings. The fraction of sp³-hybridized carbons (Fsp3) is 0.294. The van der Waals surface area contributed by atoms with Crippen molar-refractivity contribution in [1.29, 1.82) is 0 Å². The van der Waals surface area contributed by atoms with Crippen LogP contribution in [0.15, 0.2) is 52.3 Å². The van der Waals surface area contributed by atoms with Gasteiger partial charge in [0, 0.05) is 15.4 Å². The zero-order valence-corrected chi connectivity index (χ0v) is 12.7. The highest BCUT2D eigenvalue weighted by atomic mass is 32.2. The monoisotopic (exact) mass is 272 g/mol. The first-order valence-corrected chi connectivity index (χ1v) is 7.26. The van der Waals surface area contributed by atoms with Gasteiger partial charge in [-0.3, -0.25) is 0 Å². The van der Waals surface area contributed by atoms with Crippen LogP contribution in [0.5, 0.6) is 5.75 Å². The zero-order valence-electron chi connectivity index (χ0n) is 11.9. The van der Waals surface area contributed by atoms with E-state index >= 15 is 0 Å². The molecule has 0 unspecified atom stereocenters. The van der Waals surface area contributed by atoms with Gasteiger partial charge in [0.2, 0.25) is 0 Å². The van der Waals surface area contributed by atoms with Gasteiger partial charge in [-0.25, -0.2) is 0 Å². The molecular weight excluding hydrogens is 252 g/mol. The number of hydrogen-bond acceptors (Lipinski definition) is 2. The van der Waals surface area contributed by atoms with Gasteiger partial charge in [0.15, 0.2) is 0 Å². The predicted octanol–water partition coefficient (Wildman–Crippen LogP) is 5.15. The van der Waals surface area contributed by atoms with Crippen LogP contribution in [0.1, 0.15) is 31.9 Å². The number of benzene rings is 2. The van der Waals surface area contributed by atoms with E-state index in [1.807, 2.05) is 31.2 Å². The molecule has 0 aliphatic heterocycles. The van der Waals surface area contributed by atoms with Gasteiger partial charge in [0.25, 0.3) is 0 Å². The van der Waals surface area contributed by atoms with Crippen LogP contribution < -0.4 is 0 Å². The van der Waals surface area contributed by atoms with Gasteiger partial charge >= 0.3 is 0 Å². The molecule has 0 saturated heterocycles. The Morgan fingerprint density at radius 2 is 1.58 bits per heavy atom. The van der Waals surface area contributed by atoms with Gasteiger partial charge in [0.05, 0.1) is 0 Å². The second-order valence-corrected chi connectivity index (χ2v) is 6.95. The van der Waals surface area contributed by atoms with Crippen LogP contribution in [0.25, 0.3) is 0 Å². The largest absolute Gasteiger partial charge is 0.507 e. The Hall–Kier alpha value is -1.41. The predicted molar refractivity (Wildman–Crippen MR) is 82.1 cm³/mol. The third-order valence-corrected chi connectivity index (χ3v) is 4.04. The van der Waals surface area contributed by atoms with Crippen LogP contribution in [0.4, 0.5) is 0 Å². The molecule has 19 heavy (non-hydrogen) atoms. The minimum atomic E-state index is -0.0535. The molecule has 0 aliphatic carbocycles. The number of hydrogen-bond donors (Lipinski definition) is 1.